The van der Waals surface area contributed by atoms with Gasteiger partial charge in [-0.3, -0.25) is 9.89 Å². The average Bonchev–Trinajstić information content (AvgIpc) is 3.54. The molecule has 3 aromatic heterocycles. The molecule has 0 radical (unpaired) electrons. The number of pyridine rings is 1. The van der Waals surface area contributed by atoms with Crippen LogP contribution in [-0.2, 0) is 17.8 Å². The van der Waals surface area contributed by atoms with Crippen molar-refractivity contribution in [2.75, 3.05) is 6.54 Å². The van der Waals surface area contributed by atoms with E-state index in [1.165, 1.54) is 6.07 Å². The van der Waals surface area contributed by atoms with Crippen molar-refractivity contribution in [3.8, 4) is 11.3 Å². The molecule has 1 saturated heterocycles. The van der Waals surface area contributed by atoms with Gasteiger partial charge >= 0.3 is 0 Å². The second kappa shape index (κ2) is 8.57. The van der Waals surface area contributed by atoms with E-state index < -0.39 is 0 Å². The maximum absolute atomic E-state index is 13.9. The van der Waals surface area contributed by atoms with E-state index in [4.69, 9.17) is 4.98 Å². The highest BCUT2D eigenvalue weighted by atomic mass is 19.1. The Morgan fingerprint density at radius 1 is 1.22 bits per heavy atom. The van der Waals surface area contributed by atoms with Gasteiger partial charge in [-0.25, -0.2) is 9.37 Å². The number of rotatable bonds is 6. The van der Waals surface area contributed by atoms with Gasteiger partial charge < -0.3 is 9.47 Å². The van der Waals surface area contributed by atoms with Crippen LogP contribution in [0.25, 0.3) is 22.3 Å². The molecule has 1 amide bonds. The van der Waals surface area contributed by atoms with Gasteiger partial charge in [-0.1, -0.05) is 18.2 Å². The van der Waals surface area contributed by atoms with E-state index in [-0.39, 0.29) is 17.8 Å². The van der Waals surface area contributed by atoms with Crippen molar-refractivity contribution < 1.29 is 9.18 Å². The van der Waals surface area contributed by atoms with Crippen molar-refractivity contribution in [2.24, 2.45) is 5.92 Å². The molecule has 1 aliphatic rings. The highest BCUT2D eigenvalue weighted by molar-refractivity contribution is 5.79. The molecule has 1 N–H and O–H groups in total. The van der Waals surface area contributed by atoms with Crippen LogP contribution in [0.5, 0.6) is 0 Å². The number of halogens is 1. The van der Waals surface area contributed by atoms with Crippen molar-refractivity contribution >= 4 is 16.9 Å². The summed E-state index contributed by atoms with van der Waals surface area (Å²) < 4.78 is 16.1. The number of H-pyrrole nitrogens is 1. The first-order valence-electron chi connectivity index (χ1n) is 11.1. The standard InChI is InChI=1S/C25H26FN5O/c1-17-12-18(16-31(17)25(32)9-6-19-4-2-3-5-21(19)26)15-30-11-10-23-24(30)8-7-22(29-23)20-13-27-28-14-20/h2-5,7-8,10-11,13-14,17-18H,6,9,12,15-16H2,1H3,(H,27,28). The van der Waals surface area contributed by atoms with Gasteiger partial charge in [-0.05, 0) is 55.5 Å². The van der Waals surface area contributed by atoms with Gasteiger partial charge in [0.1, 0.15) is 5.82 Å². The molecule has 7 heteroatoms. The number of hydrogen-bond acceptors (Lipinski definition) is 3. The number of nitrogens with zero attached hydrogens (tertiary/aromatic N) is 4. The van der Waals surface area contributed by atoms with E-state index in [1.54, 1.807) is 18.3 Å². The van der Waals surface area contributed by atoms with Crippen LogP contribution in [-0.4, -0.2) is 43.1 Å². The molecule has 32 heavy (non-hydrogen) atoms. The van der Waals surface area contributed by atoms with Gasteiger partial charge in [0.15, 0.2) is 0 Å². The number of carbonyl (C=O) groups excluding carboxylic acids is 1. The molecule has 5 rings (SSSR count). The summed E-state index contributed by atoms with van der Waals surface area (Å²) in [5.41, 5.74) is 4.51. The van der Waals surface area contributed by atoms with Crippen LogP contribution in [0, 0.1) is 11.7 Å². The number of aryl methyl sites for hydroxylation is 1. The zero-order chi connectivity index (χ0) is 22.1. The van der Waals surface area contributed by atoms with E-state index in [0.29, 0.717) is 24.3 Å². The summed E-state index contributed by atoms with van der Waals surface area (Å²) >= 11 is 0. The van der Waals surface area contributed by atoms with Crippen LogP contribution in [0.15, 0.2) is 61.1 Å². The van der Waals surface area contributed by atoms with E-state index in [9.17, 15) is 9.18 Å². The summed E-state index contributed by atoms with van der Waals surface area (Å²) in [5.74, 6) is 0.246. The number of hydrogen-bond donors (Lipinski definition) is 1. The van der Waals surface area contributed by atoms with Crippen LogP contribution in [0.2, 0.25) is 0 Å². The van der Waals surface area contributed by atoms with Gasteiger partial charge in [-0.2, -0.15) is 5.10 Å². The van der Waals surface area contributed by atoms with E-state index in [0.717, 1.165) is 41.8 Å². The number of fused-ring (bicyclic) bond motifs is 1. The van der Waals surface area contributed by atoms with E-state index in [1.807, 2.05) is 29.3 Å². The third-order valence-corrected chi connectivity index (χ3v) is 6.42. The highest BCUT2D eigenvalue weighted by Crippen LogP contribution is 2.28. The maximum Gasteiger partial charge on any atom is 0.223 e. The monoisotopic (exact) mass is 431 g/mol. The van der Waals surface area contributed by atoms with Crippen molar-refractivity contribution in [3.05, 3.63) is 72.4 Å². The molecular weight excluding hydrogens is 405 g/mol. The van der Waals surface area contributed by atoms with Crippen LogP contribution < -0.4 is 0 Å². The Balaban J connectivity index is 1.23. The fourth-order valence-electron chi connectivity index (χ4n) is 4.77. The normalized spacial score (nSPS) is 18.5. The fourth-order valence-corrected chi connectivity index (χ4v) is 4.77. The fraction of sp³-hybridized carbons (Fsp3) is 0.320. The average molecular weight is 432 g/mol. The Bertz CT molecular complexity index is 1230. The lowest BCUT2D eigenvalue weighted by atomic mass is 10.1. The number of nitrogens with one attached hydrogen (secondary N) is 1. The Labute approximate surface area is 186 Å². The molecule has 0 saturated carbocycles. The SMILES string of the molecule is CC1CC(Cn2ccc3nc(-c4cn[nH]c4)ccc32)CN1C(=O)CCc1ccccc1F. The molecule has 164 valence electrons. The maximum atomic E-state index is 13.9. The van der Waals surface area contributed by atoms with Crippen molar-refractivity contribution in [3.63, 3.8) is 0 Å². The molecule has 4 heterocycles. The van der Waals surface area contributed by atoms with Crippen LogP contribution in [0.4, 0.5) is 4.39 Å². The smallest absolute Gasteiger partial charge is 0.223 e. The molecular formula is C25H26FN5O. The van der Waals surface area contributed by atoms with Gasteiger partial charge in [0.2, 0.25) is 5.91 Å². The highest BCUT2D eigenvalue weighted by Gasteiger charge is 2.32. The number of aromatic amines is 1. The number of amides is 1. The zero-order valence-electron chi connectivity index (χ0n) is 18.0. The number of carbonyl (C=O) groups is 1. The first-order chi connectivity index (χ1) is 15.6. The molecule has 0 aliphatic carbocycles. The van der Waals surface area contributed by atoms with Crippen LogP contribution >= 0.6 is 0 Å². The quantitative estimate of drug-likeness (QED) is 0.491. The van der Waals surface area contributed by atoms with Gasteiger partial charge in [0, 0.05) is 43.5 Å². The van der Waals surface area contributed by atoms with E-state index in [2.05, 4.69) is 34.0 Å². The van der Waals surface area contributed by atoms with E-state index >= 15 is 0 Å². The lowest BCUT2D eigenvalue weighted by molar-refractivity contribution is -0.131. The third-order valence-electron chi connectivity index (χ3n) is 6.42. The minimum Gasteiger partial charge on any atom is -0.346 e. The zero-order valence-corrected chi connectivity index (χ0v) is 18.0. The molecule has 1 aromatic carbocycles. The lowest BCUT2D eigenvalue weighted by Crippen LogP contribution is -2.34. The molecule has 2 atom stereocenters. The molecule has 6 nitrogen and oxygen atoms in total. The summed E-state index contributed by atoms with van der Waals surface area (Å²) in [6, 6.07) is 13.0. The summed E-state index contributed by atoms with van der Waals surface area (Å²) in [5, 5.41) is 6.82. The summed E-state index contributed by atoms with van der Waals surface area (Å²) in [6.45, 7) is 3.68. The molecule has 0 bridgehead atoms. The number of benzene rings is 1. The molecule has 1 aliphatic heterocycles. The van der Waals surface area contributed by atoms with Gasteiger partial charge in [0.05, 0.1) is 22.9 Å². The van der Waals surface area contributed by atoms with Crippen LogP contribution in [0.1, 0.15) is 25.3 Å². The number of likely N-dealkylation sites (tertiary alicyclic amines) is 1. The molecule has 4 aromatic rings. The molecule has 1 fully saturated rings. The van der Waals surface area contributed by atoms with Gasteiger partial charge in [-0.15, -0.1) is 0 Å². The first-order valence-corrected chi connectivity index (χ1v) is 11.1. The van der Waals surface area contributed by atoms with Crippen molar-refractivity contribution in [2.45, 2.75) is 38.8 Å². The second-order valence-corrected chi connectivity index (χ2v) is 8.64. The first kappa shape index (κ1) is 20.4. The second-order valence-electron chi connectivity index (χ2n) is 8.64. The summed E-state index contributed by atoms with van der Waals surface area (Å²) in [6.07, 6.45) is 7.42. The van der Waals surface area contributed by atoms with Crippen molar-refractivity contribution in [1.29, 1.82) is 0 Å². The predicted octanol–water partition coefficient (Wildman–Crippen LogP) is 4.44. The Hall–Kier alpha value is -3.48. The predicted molar refractivity (Wildman–Crippen MR) is 121 cm³/mol. The lowest BCUT2D eigenvalue weighted by Gasteiger charge is -2.21. The molecule has 2 unspecified atom stereocenters. The summed E-state index contributed by atoms with van der Waals surface area (Å²) in [7, 11) is 0. The number of aromatic nitrogens is 4. The van der Waals surface area contributed by atoms with Crippen molar-refractivity contribution in [1.82, 2.24) is 24.6 Å². The Morgan fingerprint density at radius 3 is 2.91 bits per heavy atom. The largest absolute Gasteiger partial charge is 0.346 e. The summed E-state index contributed by atoms with van der Waals surface area (Å²) in [4.78, 5) is 19.5. The topological polar surface area (TPSA) is 66.8 Å². The van der Waals surface area contributed by atoms with Crippen LogP contribution in [0.3, 0.4) is 0 Å². The van der Waals surface area contributed by atoms with Gasteiger partial charge in [0.25, 0.3) is 0 Å². The third kappa shape index (κ3) is 4.02. The minimum atomic E-state index is -0.239. The Morgan fingerprint density at radius 2 is 2.09 bits per heavy atom. The Kier molecular flexibility index (Phi) is 5.47. The minimum absolute atomic E-state index is 0.104. The molecule has 0 spiro atoms.